The van der Waals surface area contributed by atoms with Crippen molar-refractivity contribution in [2.45, 2.75) is 4.90 Å². The molecule has 0 amide bonds. The van der Waals surface area contributed by atoms with Gasteiger partial charge < -0.3 is 0 Å². The molecule has 0 aliphatic rings. The van der Waals surface area contributed by atoms with E-state index < -0.39 is 0 Å². The summed E-state index contributed by atoms with van der Waals surface area (Å²) in [5.41, 5.74) is 0.895. The molecule has 24 heavy (non-hydrogen) atoms. The first-order valence-electron chi connectivity index (χ1n) is 6.64. The van der Waals surface area contributed by atoms with Gasteiger partial charge in [-0.1, -0.05) is 58.7 Å². The highest BCUT2D eigenvalue weighted by atomic mass is 35.5. The molecule has 0 aromatic heterocycles. The van der Waals surface area contributed by atoms with Gasteiger partial charge in [0.05, 0.1) is 5.02 Å². The monoisotopic (exact) mass is 390 g/mol. The number of thioether (sulfide) groups is 1. The van der Waals surface area contributed by atoms with E-state index in [4.69, 9.17) is 45.3 Å². The van der Waals surface area contributed by atoms with Gasteiger partial charge in [0.1, 0.15) is 17.7 Å². The van der Waals surface area contributed by atoms with E-state index in [9.17, 15) is 0 Å². The lowest BCUT2D eigenvalue weighted by Gasteiger charge is -2.09. The molecule has 0 aliphatic heterocycles. The minimum Gasteiger partial charge on any atom is -0.192 e. The second kappa shape index (κ2) is 8.83. The van der Waals surface area contributed by atoms with Crippen LogP contribution in [-0.4, -0.2) is 0 Å². The van der Waals surface area contributed by atoms with Crippen molar-refractivity contribution in [3.63, 3.8) is 0 Å². The van der Waals surface area contributed by atoms with Crippen LogP contribution in [0.3, 0.4) is 0 Å². The van der Waals surface area contributed by atoms with Crippen molar-refractivity contribution in [1.82, 2.24) is 0 Å². The second-order valence-electron chi connectivity index (χ2n) is 4.52. The lowest BCUT2D eigenvalue weighted by atomic mass is 10.2. The number of nitriles is 2. The molecule has 0 heterocycles. The number of hydrogen-bond acceptors (Lipinski definition) is 3. The Morgan fingerprint density at radius 2 is 1.50 bits per heavy atom. The fourth-order valence-electron chi connectivity index (χ4n) is 1.74. The van der Waals surface area contributed by atoms with Crippen LogP contribution in [-0.2, 0) is 0 Å². The van der Waals surface area contributed by atoms with E-state index in [1.54, 1.807) is 36.4 Å². The molecule has 2 rings (SSSR count). The first kappa shape index (κ1) is 18.5. The van der Waals surface area contributed by atoms with E-state index in [-0.39, 0.29) is 5.57 Å². The van der Waals surface area contributed by atoms with Gasteiger partial charge in [0, 0.05) is 19.8 Å². The predicted octanol–water partition coefficient (Wildman–Crippen LogP) is 6.75. The van der Waals surface area contributed by atoms with Crippen molar-refractivity contribution in [2.75, 3.05) is 0 Å². The van der Waals surface area contributed by atoms with Gasteiger partial charge >= 0.3 is 0 Å². The maximum absolute atomic E-state index is 8.88. The highest BCUT2D eigenvalue weighted by molar-refractivity contribution is 8.08. The average Bonchev–Trinajstić information content (AvgIpc) is 2.58. The Balaban J connectivity index is 2.47. The van der Waals surface area contributed by atoms with E-state index in [0.717, 1.165) is 15.4 Å². The third kappa shape index (κ3) is 5.06. The molecule has 0 unspecified atom stereocenters. The largest absolute Gasteiger partial charge is 0.192 e. The third-order valence-corrected chi connectivity index (χ3v) is 4.96. The SMILES string of the molecule is N#CC(C#N)=C/C=C(\Sc1cc(Cl)ccc1Cl)c1ccc(Cl)cc1. The first-order chi connectivity index (χ1) is 11.5. The first-order valence-corrected chi connectivity index (χ1v) is 8.59. The smallest absolute Gasteiger partial charge is 0.129 e. The van der Waals surface area contributed by atoms with Gasteiger partial charge in [0.15, 0.2) is 0 Å². The molecule has 2 aromatic carbocycles. The zero-order valence-electron chi connectivity index (χ0n) is 12.1. The number of halogens is 3. The number of allylic oxidation sites excluding steroid dienone is 3. The highest BCUT2D eigenvalue weighted by Crippen LogP contribution is 2.39. The van der Waals surface area contributed by atoms with E-state index in [2.05, 4.69) is 0 Å². The Morgan fingerprint density at radius 3 is 2.12 bits per heavy atom. The van der Waals surface area contributed by atoms with Crippen LogP contribution in [0.5, 0.6) is 0 Å². The topological polar surface area (TPSA) is 47.6 Å². The minimum atomic E-state index is 0.0132. The summed E-state index contributed by atoms with van der Waals surface area (Å²) in [7, 11) is 0. The Labute approximate surface area is 159 Å². The van der Waals surface area contributed by atoms with Gasteiger partial charge in [-0.25, -0.2) is 0 Å². The van der Waals surface area contributed by atoms with Gasteiger partial charge in [-0.05, 0) is 48.0 Å². The summed E-state index contributed by atoms with van der Waals surface area (Å²) in [6, 6.07) is 16.1. The van der Waals surface area contributed by atoms with Crippen molar-refractivity contribution in [3.8, 4) is 12.1 Å². The van der Waals surface area contributed by atoms with Crippen LogP contribution in [0, 0.1) is 22.7 Å². The summed E-state index contributed by atoms with van der Waals surface area (Å²) >= 11 is 19.6. The molecule has 2 aromatic rings. The number of nitrogens with zero attached hydrogens (tertiary/aromatic N) is 2. The summed E-state index contributed by atoms with van der Waals surface area (Å²) in [4.78, 5) is 1.58. The van der Waals surface area contributed by atoms with Crippen molar-refractivity contribution in [1.29, 1.82) is 10.5 Å². The minimum absolute atomic E-state index is 0.0132. The molecule has 0 spiro atoms. The van der Waals surface area contributed by atoms with Crippen LogP contribution in [0.4, 0.5) is 0 Å². The van der Waals surface area contributed by atoms with Gasteiger partial charge in [-0.3, -0.25) is 0 Å². The Hall–Kier alpha value is -1.88. The van der Waals surface area contributed by atoms with Gasteiger partial charge in [0.2, 0.25) is 0 Å². The van der Waals surface area contributed by atoms with E-state index in [1.807, 2.05) is 24.3 Å². The molecule has 0 bridgehead atoms. The predicted molar refractivity (Wildman–Crippen MR) is 101 cm³/mol. The van der Waals surface area contributed by atoms with Crippen LogP contribution in [0.25, 0.3) is 4.91 Å². The lowest BCUT2D eigenvalue weighted by molar-refractivity contribution is 1.46. The van der Waals surface area contributed by atoms with Crippen LogP contribution in [0.2, 0.25) is 15.1 Å². The molecule has 0 fully saturated rings. The molecule has 0 saturated carbocycles. The average molecular weight is 392 g/mol. The van der Waals surface area contributed by atoms with Crippen LogP contribution < -0.4 is 0 Å². The summed E-state index contributed by atoms with van der Waals surface area (Å²) < 4.78 is 0. The maximum atomic E-state index is 8.88. The van der Waals surface area contributed by atoms with Gasteiger partial charge in [-0.15, -0.1) is 0 Å². The molecule has 118 valence electrons. The standard InChI is InChI=1S/C18H9Cl3N2S/c19-14-4-2-13(3-5-14)17(8-1-12(10-22)11-23)24-18-9-15(20)6-7-16(18)21/h1-9H/b17-8-. The maximum Gasteiger partial charge on any atom is 0.129 e. The number of benzene rings is 2. The zero-order chi connectivity index (χ0) is 17.5. The molecule has 0 atom stereocenters. The molecule has 6 heteroatoms. The summed E-state index contributed by atoms with van der Waals surface area (Å²) in [5.74, 6) is 0. The third-order valence-electron chi connectivity index (χ3n) is 2.88. The summed E-state index contributed by atoms with van der Waals surface area (Å²) in [5, 5.41) is 19.5. The Kier molecular flexibility index (Phi) is 6.79. The van der Waals surface area contributed by atoms with Crippen molar-refractivity contribution in [2.24, 2.45) is 0 Å². The molecular formula is C18H9Cl3N2S. The van der Waals surface area contributed by atoms with E-state index >= 15 is 0 Å². The quantitative estimate of drug-likeness (QED) is 0.329. The fourth-order valence-corrected chi connectivity index (χ4v) is 3.31. The van der Waals surface area contributed by atoms with E-state index in [0.29, 0.717) is 15.1 Å². The zero-order valence-corrected chi connectivity index (χ0v) is 15.2. The van der Waals surface area contributed by atoms with Crippen molar-refractivity contribution < 1.29 is 0 Å². The van der Waals surface area contributed by atoms with Gasteiger partial charge in [-0.2, -0.15) is 10.5 Å². The fraction of sp³-hybridized carbons (Fsp3) is 0. The molecule has 0 radical (unpaired) electrons. The van der Waals surface area contributed by atoms with Crippen LogP contribution in [0.15, 0.2) is 65.1 Å². The van der Waals surface area contributed by atoms with Crippen LogP contribution in [0.1, 0.15) is 5.56 Å². The summed E-state index contributed by atoms with van der Waals surface area (Å²) in [6.07, 6.45) is 3.17. The molecular weight excluding hydrogens is 383 g/mol. The van der Waals surface area contributed by atoms with Crippen molar-refractivity contribution in [3.05, 3.63) is 80.8 Å². The van der Waals surface area contributed by atoms with Crippen molar-refractivity contribution >= 4 is 51.5 Å². The van der Waals surface area contributed by atoms with E-state index in [1.165, 1.54) is 17.8 Å². The number of hydrogen-bond donors (Lipinski definition) is 0. The number of rotatable bonds is 4. The molecule has 0 aliphatic carbocycles. The molecule has 0 saturated heterocycles. The Morgan fingerprint density at radius 1 is 0.875 bits per heavy atom. The highest BCUT2D eigenvalue weighted by Gasteiger charge is 2.08. The molecule has 2 nitrogen and oxygen atoms in total. The van der Waals surface area contributed by atoms with Gasteiger partial charge in [0.25, 0.3) is 0 Å². The normalized spacial score (nSPS) is 10.6. The molecule has 0 N–H and O–H groups in total. The second-order valence-corrected chi connectivity index (χ2v) is 6.88. The van der Waals surface area contributed by atoms with Crippen LogP contribution >= 0.6 is 46.6 Å². The lowest BCUT2D eigenvalue weighted by Crippen LogP contribution is -1.83. The summed E-state index contributed by atoms with van der Waals surface area (Å²) in [6.45, 7) is 0. The Bertz CT molecular complexity index is 872.